The predicted octanol–water partition coefficient (Wildman–Crippen LogP) is 1.71. The summed E-state index contributed by atoms with van der Waals surface area (Å²) in [6.07, 6.45) is 0. The number of anilines is 1. The average Bonchev–Trinajstić information content (AvgIpc) is 2.59. The topological polar surface area (TPSA) is 76.7 Å². The van der Waals surface area contributed by atoms with Gasteiger partial charge in [0.05, 0.1) is 5.69 Å². The summed E-state index contributed by atoms with van der Waals surface area (Å²) in [7, 11) is 0. The maximum absolute atomic E-state index is 11.8. The van der Waals surface area contributed by atoms with Gasteiger partial charge < -0.3 is 20.1 Å². The fourth-order valence-electron chi connectivity index (χ4n) is 2.15. The van der Waals surface area contributed by atoms with Crippen LogP contribution >= 0.6 is 0 Å². The lowest BCUT2D eigenvalue weighted by atomic mass is 10.1. The number of amides is 2. The summed E-state index contributed by atoms with van der Waals surface area (Å²) in [6, 6.07) is 14.5. The van der Waals surface area contributed by atoms with E-state index in [0.29, 0.717) is 23.7 Å². The van der Waals surface area contributed by atoms with Crippen molar-refractivity contribution in [1.29, 1.82) is 0 Å². The summed E-state index contributed by atoms with van der Waals surface area (Å²) >= 11 is 0. The van der Waals surface area contributed by atoms with Crippen molar-refractivity contribution < 1.29 is 19.1 Å². The summed E-state index contributed by atoms with van der Waals surface area (Å²) in [5.74, 6) is 0.884. The minimum Gasteiger partial charge on any atom is -0.484 e. The Kier molecular flexibility index (Phi) is 4.42. The zero-order valence-electron chi connectivity index (χ0n) is 12.4. The van der Waals surface area contributed by atoms with Crippen LogP contribution in [0.15, 0.2) is 48.5 Å². The van der Waals surface area contributed by atoms with Gasteiger partial charge >= 0.3 is 0 Å². The SMILES string of the molecule is O=C(COc1ccccc1)NCc1ccc2c(c1)OCC(=O)N2. The minimum absolute atomic E-state index is 0.00767. The first kappa shape index (κ1) is 14.9. The molecule has 2 aromatic carbocycles. The van der Waals surface area contributed by atoms with Gasteiger partial charge in [0.25, 0.3) is 11.8 Å². The second kappa shape index (κ2) is 6.83. The van der Waals surface area contributed by atoms with Crippen LogP contribution in [0.2, 0.25) is 0 Å². The fourth-order valence-corrected chi connectivity index (χ4v) is 2.15. The Hall–Kier alpha value is -3.02. The van der Waals surface area contributed by atoms with Gasteiger partial charge in [-0.05, 0) is 29.8 Å². The zero-order valence-corrected chi connectivity index (χ0v) is 12.4. The van der Waals surface area contributed by atoms with E-state index in [0.717, 1.165) is 5.56 Å². The van der Waals surface area contributed by atoms with Gasteiger partial charge in [0, 0.05) is 6.54 Å². The monoisotopic (exact) mass is 312 g/mol. The summed E-state index contributed by atoms with van der Waals surface area (Å²) in [5.41, 5.74) is 1.52. The molecule has 0 aromatic heterocycles. The van der Waals surface area contributed by atoms with E-state index in [2.05, 4.69) is 10.6 Å². The molecule has 2 amide bonds. The van der Waals surface area contributed by atoms with Crippen LogP contribution in [0.3, 0.4) is 0 Å². The predicted molar refractivity (Wildman–Crippen MR) is 84.4 cm³/mol. The third kappa shape index (κ3) is 4.00. The van der Waals surface area contributed by atoms with E-state index in [1.807, 2.05) is 24.3 Å². The lowest BCUT2D eigenvalue weighted by Crippen LogP contribution is -2.29. The van der Waals surface area contributed by atoms with E-state index < -0.39 is 0 Å². The number of para-hydroxylation sites is 1. The number of carbonyl (C=O) groups is 2. The molecule has 2 N–H and O–H groups in total. The molecule has 1 aliphatic heterocycles. The molecule has 6 nitrogen and oxygen atoms in total. The molecule has 118 valence electrons. The highest BCUT2D eigenvalue weighted by Gasteiger charge is 2.15. The number of hydrogen-bond acceptors (Lipinski definition) is 4. The van der Waals surface area contributed by atoms with Gasteiger partial charge in [-0.1, -0.05) is 24.3 Å². The number of carbonyl (C=O) groups excluding carboxylic acids is 2. The number of rotatable bonds is 5. The Morgan fingerprint density at radius 1 is 1.22 bits per heavy atom. The van der Waals surface area contributed by atoms with Crippen LogP contribution in [0.1, 0.15) is 5.56 Å². The molecular formula is C17H16N2O4. The summed E-state index contributed by atoms with van der Waals surface area (Å²) in [4.78, 5) is 23.0. The molecule has 0 unspecified atom stereocenters. The van der Waals surface area contributed by atoms with Crippen molar-refractivity contribution in [2.24, 2.45) is 0 Å². The third-order valence-corrected chi connectivity index (χ3v) is 3.28. The van der Waals surface area contributed by atoms with E-state index in [1.165, 1.54) is 0 Å². The summed E-state index contributed by atoms with van der Waals surface area (Å²) < 4.78 is 10.7. The molecule has 2 aromatic rings. The van der Waals surface area contributed by atoms with Gasteiger partial charge in [-0.3, -0.25) is 9.59 Å². The van der Waals surface area contributed by atoms with Crippen LogP contribution in [0.4, 0.5) is 5.69 Å². The molecule has 1 heterocycles. The van der Waals surface area contributed by atoms with E-state index in [9.17, 15) is 9.59 Å². The van der Waals surface area contributed by atoms with Gasteiger partial charge in [0.15, 0.2) is 13.2 Å². The molecule has 0 atom stereocenters. The van der Waals surface area contributed by atoms with Crippen LogP contribution in [0.5, 0.6) is 11.5 Å². The Bertz CT molecular complexity index is 716. The minimum atomic E-state index is -0.208. The lowest BCUT2D eigenvalue weighted by molar-refractivity contribution is -0.123. The molecule has 3 rings (SSSR count). The average molecular weight is 312 g/mol. The lowest BCUT2D eigenvalue weighted by Gasteiger charge is -2.18. The smallest absolute Gasteiger partial charge is 0.262 e. The third-order valence-electron chi connectivity index (χ3n) is 3.28. The highest BCUT2D eigenvalue weighted by Crippen LogP contribution is 2.28. The van der Waals surface area contributed by atoms with Crippen molar-refractivity contribution in [2.45, 2.75) is 6.54 Å². The first-order chi connectivity index (χ1) is 11.2. The first-order valence-corrected chi connectivity index (χ1v) is 7.21. The molecule has 23 heavy (non-hydrogen) atoms. The van der Waals surface area contributed by atoms with Crippen molar-refractivity contribution in [3.8, 4) is 11.5 Å². The molecule has 6 heteroatoms. The van der Waals surface area contributed by atoms with E-state index in [1.54, 1.807) is 24.3 Å². The number of nitrogens with one attached hydrogen (secondary N) is 2. The normalized spacial score (nSPS) is 12.6. The van der Waals surface area contributed by atoms with Crippen molar-refractivity contribution >= 4 is 17.5 Å². The van der Waals surface area contributed by atoms with Gasteiger partial charge in [-0.25, -0.2) is 0 Å². The number of hydrogen-bond donors (Lipinski definition) is 2. The molecule has 1 aliphatic rings. The zero-order chi connectivity index (χ0) is 16.1. The van der Waals surface area contributed by atoms with Crippen LogP contribution < -0.4 is 20.1 Å². The highest BCUT2D eigenvalue weighted by molar-refractivity contribution is 5.95. The van der Waals surface area contributed by atoms with Gasteiger partial charge in [0.2, 0.25) is 0 Å². The molecule has 0 saturated heterocycles. The van der Waals surface area contributed by atoms with E-state index in [-0.39, 0.29) is 25.0 Å². The molecule has 0 bridgehead atoms. The standard InChI is InChI=1S/C17H16N2O4/c20-16(10-22-13-4-2-1-3-5-13)18-9-12-6-7-14-15(8-12)23-11-17(21)19-14/h1-8H,9-11H2,(H,18,20)(H,19,21). The Morgan fingerprint density at radius 3 is 2.87 bits per heavy atom. The van der Waals surface area contributed by atoms with Crippen LogP contribution in [0, 0.1) is 0 Å². The Labute approximate surface area is 133 Å². The maximum Gasteiger partial charge on any atom is 0.262 e. The van der Waals surface area contributed by atoms with Crippen LogP contribution in [-0.2, 0) is 16.1 Å². The maximum atomic E-state index is 11.8. The fraction of sp³-hybridized carbons (Fsp3) is 0.176. The summed E-state index contributed by atoms with van der Waals surface area (Å²) in [6.45, 7) is 0.330. The molecule has 0 spiro atoms. The molecule has 0 aliphatic carbocycles. The van der Waals surface area contributed by atoms with Crippen molar-refractivity contribution in [3.05, 3.63) is 54.1 Å². The van der Waals surface area contributed by atoms with Crippen molar-refractivity contribution in [1.82, 2.24) is 5.32 Å². The second-order valence-electron chi connectivity index (χ2n) is 5.05. The highest BCUT2D eigenvalue weighted by atomic mass is 16.5. The van der Waals surface area contributed by atoms with Crippen molar-refractivity contribution in [3.63, 3.8) is 0 Å². The van der Waals surface area contributed by atoms with Crippen LogP contribution in [-0.4, -0.2) is 25.0 Å². The van der Waals surface area contributed by atoms with E-state index in [4.69, 9.17) is 9.47 Å². The molecular weight excluding hydrogens is 296 g/mol. The van der Waals surface area contributed by atoms with Crippen LogP contribution in [0.25, 0.3) is 0 Å². The van der Waals surface area contributed by atoms with Gasteiger partial charge in [-0.15, -0.1) is 0 Å². The number of ether oxygens (including phenoxy) is 2. The number of fused-ring (bicyclic) bond motifs is 1. The van der Waals surface area contributed by atoms with Gasteiger partial charge in [-0.2, -0.15) is 0 Å². The van der Waals surface area contributed by atoms with E-state index >= 15 is 0 Å². The molecule has 0 saturated carbocycles. The Balaban J connectivity index is 1.50. The van der Waals surface area contributed by atoms with Crippen molar-refractivity contribution in [2.75, 3.05) is 18.5 Å². The second-order valence-corrected chi connectivity index (χ2v) is 5.05. The largest absolute Gasteiger partial charge is 0.484 e. The number of benzene rings is 2. The Morgan fingerprint density at radius 2 is 2.04 bits per heavy atom. The van der Waals surface area contributed by atoms with Gasteiger partial charge in [0.1, 0.15) is 11.5 Å². The quantitative estimate of drug-likeness (QED) is 0.881. The molecule has 0 fully saturated rings. The first-order valence-electron chi connectivity index (χ1n) is 7.21. The summed E-state index contributed by atoms with van der Waals surface area (Å²) in [5, 5.41) is 5.50. The molecule has 0 radical (unpaired) electrons.